The summed E-state index contributed by atoms with van der Waals surface area (Å²) in [6.45, 7) is 2.13. The Morgan fingerprint density at radius 1 is 1.19 bits per heavy atom. The standard InChI is InChI=1S/C18H20ClN3O3S/c1-2-26(24,25)22-11-5-6-13-12-14(9-10-17(13)22)20-18(23)21-16-8-4-3-7-15(16)19/h3-4,7-10,12H,2,5-6,11H2,1H3,(H2,20,21,23). The second-order valence-electron chi connectivity index (χ2n) is 5.98. The first kappa shape index (κ1) is 18.5. The molecule has 1 heterocycles. The molecule has 0 atom stereocenters. The first-order chi connectivity index (χ1) is 12.4. The van der Waals surface area contributed by atoms with Gasteiger partial charge in [-0.3, -0.25) is 4.31 Å². The number of hydrogen-bond donors (Lipinski definition) is 2. The van der Waals surface area contributed by atoms with Gasteiger partial charge in [0.25, 0.3) is 0 Å². The van der Waals surface area contributed by atoms with Crippen molar-refractivity contribution in [3.05, 3.63) is 53.1 Å². The Balaban J connectivity index is 1.77. The molecule has 8 heteroatoms. The third kappa shape index (κ3) is 3.94. The average Bonchev–Trinajstić information content (AvgIpc) is 2.63. The minimum Gasteiger partial charge on any atom is -0.308 e. The summed E-state index contributed by atoms with van der Waals surface area (Å²) >= 11 is 6.03. The molecule has 0 unspecified atom stereocenters. The van der Waals surface area contributed by atoms with Crippen LogP contribution in [0.15, 0.2) is 42.5 Å². The lowest BCUT2D eigenvalue weighted by Crippen LogP contribution is -2.36. The van der Waals surface area contributed by atoms with Gasteiger partial charge in [0.1, 0.15) is 0 Å². The molecule has 26 heavy (non-hydrogen) atoms. The maximum atomic E-state index is 12.2. The van der Waals surface area contributed by atoms with E-state index in [1.807, 2.05) is 6.07 Å². The van der Waals surface area contributed by atoms with Crippen LogP contribution in [0.25, 0.3) is 0 Å². The number of amides is 2. The van der Waals surface area contributed by atoms with E-state index in [-0.39, 0.29) is 5.75 Å². The van der Waals surface area contributed by atoms with E-state index in [0.717, 1.165) is 18.4 Å². The molecule has 6 nitrogen and oxygen atoms in total. The quantitative estimate of drug-likeness (QED) is 0.821. The van der Waals surface area contributed by atoms with Gasteiger partial charge < -0.3 is 10.6 Å². The highest BCUT2D eigenvalue weighted by molar-refractivity contribution is 7.92. The Bertz CT molecular complexity index is 931. The highest BCUT2D eigenvalue weighted by Gasteiger charge is 2.26. The Kier molecular flexibility index (Phi) is 5.38. The predicted molar refractivity (Wildman–Crippen MR) is 106 cm³/mol. The molecular formula is C18H20ClN3O3S. The lowest BCUT2D eigenvalue weighted by atomic mass is 10.0. The van der Waals surface area contributed by atoms with Gasteiger partial charge in [-0.2, -0.15) is 0 Å². The summed E-state index contributed by atoms with van der Waals surface area (Å²) in [7, 11) is -3.30. The fourth-order valence-corrected chi connectivity index (χ4v) is 4.31. The normalized spacial score (nSPS) is 13.8. The number of anilines is 3. The van der Waals surface area contributed by atoms with Gasteiger partial charge in [0.2, 0.25) is 10.0 Å². The van der Waals surface area contributed by atoms with Crippen molar-refractivity contribution in [3.8, 4) is 0 Å². The predicted octanol–water partition coefficient (Wildman–Crippen LogP) is 4.09. The molecule has 0 aliphatic carbocycles. The lowest BCUT2D eigenvalue weighted by Gasteiger charge is -2.30. The van der Waals surface area contributed by atoms with Crippen molar-refractivity contribution in [1.82, 2.24) is 0 Å². The molecule has 0 aromatic heterocycles. The first-order valence-corrected chi connectivity index (χ1v) is 10.4. The third-order valence-corrected chi connectivity index (χ3v) is 6.35. The third-order valence-electron chi connectivity index (χ3n) is 4.24. The zero-order valence-electron chi connectivity index (χ0n) is 14.3. The summed E-state index contributed by atoms with van der Waals surface area (Å²) in [6.07, 6.45) is 1.52. The van der Waals surface area contributed by atoms with Crippen molar-refractivity contribution in [3.63, 3.8) is 0 Å². The van der Waals surface area contributed by atoms with Gasteiger partial charge in [-0.05, 0) is 55.7 Å². The molecule has 0 radical (unpaired) electrons. The molecule has 0 spiro atoms. The summed E-state index contributed by atoms with van der Waals surface area (Å²) in [4.78, 5) is 12.2. The minimum atomic E-state index is -3.30. The van der Waals surface area contributed by atoms with E-state index < -0.39 is 16.1 Å². The number of sulfonamides is 1. The highest BCUT2D eigenvalue weighted by atomic mass is 35.5. The summed E-state index contributed by atoms with van der Waals surface area (Å²) < 4.78 is 26.0. The van der Waals surface area contributed by atoms with E-state index in [4.69, 9.17) is 11.6 Å². The molecule has 0 saturated carbocycles. The number of fused-ring (bicyclic) bond motifs is 1. The van der Waals surface area contributed by atoms with Crippen LogP contribution in [0, 0.1) is 0 Å². The van der Waals surface area contributed by atoms with Gasteiger partial charge >= 0.3 is 6.03 Å². The lowest BCUT2D eigenvalue weighted by molar-refractivity contribution is 0.262. The number of rotatable bonds is 4. The van der Waals surface area contributed by atoms with Crippen LogP contribution < -0.4 is 14.9 Å². The number of carbonyl (C=O) groups excluding carboxylic acids is 1. The van der Waals surface area contributed by atoms with Gasteiger partial charge in [-0.1, -0.05) is 23.7 Å². The number of carbonyl (C=O) groups is 1. The number of urea groups is 1. The second kappa shape index (κ2) is 7.55. The van der Waals surface area contributed by atoms with Crippen LogP contribution >= 0.6 is 11.6 Å². The van der Waals surface area contributed by atoms with Crippen LogP contribution in [0.4, 0.5) is 21.9 Å². The average molecular weight is 394 g/mol. The summed E-state index contributed by atoms with van der Waals surface area (Å²) in [5.74, 6) is 0.0622. The van der Waals surface area contributed by atoms with E-state index in [1.54, 1.807) is 43.3 Å². The van der Waals surface area contributed by atoms with Gasteiger partial charge in [-0.25, -0.2) is 13.2 Å². The Morgan fingerprint density at radius 2 is 1.96 bits per heavy atom. The Morgan fingerprint density at radius 3 is 2.69 bits per heavy atom. The number of nitrogens with zero attached hydrogens (tertiary/aromatic N) is 1. The zero-order chi connectivity index (χ0) is 18.7. The van der Waals surface area contributed by atoms with Crippen molar-refractivity contribution >= 4 is 44.7 Å². The Labute approximate surface area is 158 Å². The number of benzene rings is 2. The molecule has 2 amide bonds. The molecule has 2 aromatic rings. The number of nitrogens with one attached hydrogen (secondary N) is 2. The fraction of sp³-hybridized carbons (Fsp3) is 0.278. The largest absolute Gasteiger partial charge is 0.323 e. The molecule has 1 aliphatic heterocycles. The Hall–Kier alpha value is -2.25. The SMILES string of the molecule is CCS(=O)(=O)N1CCCc2cc(NC(=O)Nc3ccccc3Cl)ccc21. The van der Waals surface area contributed by atoms with E-state index in [0.29, 0.717) is 28.6 Å². The molecule has 3 rings (SSSR count). The van der Waals surface area contributed by atoms with Crippen LogP contribution in [-0.4, -0.2) is 26.7 Å². The van der Waals surface area contributed by atoms with Gasteiger partial charge in [0.05, 0.1) is 22.2 Å². The summed E-state index contributed by atoms with van der Waals surface area (Å²) in [5, 5.41) is 5.90. The van der Waals surface area contributed by atoms with Crippen LogP contribution in [0.1, 0.15) is 18.9 Å². The van der Waals surface area contributed by atoms with Gasteiger partial charge in [0.15, 0.2) is 0 Å². The number of para-hydroxylation sites is 1. The van der Waals surface area contributed by atoms with Crippen molar-refractivity contribution in [2.75, 3.05) is 27.2 Å². The second-order valence-corrected chi connectivity index (χ2v) is 8.57. The summed E-state index contributed by atoms with van der Waals surface area (Å²) in [6, 6.07) is 11.8. The van der Waals surface area contributed by atoms with Gasteiger partial charge in [-0.15, -0.1) is 0 Å². The van der Waals surface area contributed by atoms with E-state index in [1.165, 1.54) is 4.31 Å². The monoisotopic (exact) mass is 393 g/mol. The fourth-order valence-electron chi connectivity index (χ4n) is 2.93. The minimum absolute atomic E-state index is 0.0622. The van der Waals surface area contributed by atoms with Crippen molar-refractivity contribution in [1.29, 1.82) is 0 Å². The number of hydrogen-bond acceptors (Lipinski definition) is 3. The van der Waals surface area contributed by atoms with Crippen LogP contribution in [0.3, 0.4) is 0 Å². The molecule has 2 N–H and O–H groups in total. The molecule has 0 saturated heterocycles. The maximum absolute atomic E-state index is 12.2. The smallest absolute Gasteiger partial charge is 0.308 e. The topological polar surface area (TPSA) is 78.5 Å². The highest BCUT2D eigenvalue weighted by Crippen LogP contribution is 2.32. The van der Waals surface area contributed by atoms with Crippen molar-refractivity contribution in [2.24, 2.45) is 0 Å². The van der Waals surface area contributed by atoms with Crippen molar-refractivity contribution in [2.45, 2.75) is 19.8 Å². The molecule has 0 fully saturated rings. The molecule has 2 aromatic carbocycles. The maximum Gasteiger partial charge on any atom is 0.323 e. The number of halogens is 1. The van der Waals surface area contributed by atoms with Crippen LogP contribution in [-0.2, 0) is 16.4 Å². The summed E-state index contributed by atoms with van der Waals surface area (Å²) in [5.41, 5.74) is 2.72. The molecule has 1 aliphatic rings. The first-order valence-electron chi connectivity index (χ1n) is 8.36. The van der Waals surface area contributed by atoms with E-state index in [2.05, 4.69) is 10.6 Å². The number of aryl methyl sites for hydroxylation is 1. The van der Waals surface area contributed by atoms with E-state index >= 15 is 0 Å². The molecule has 0 bridgehead atoms. The molecule has 138 valence electrons. The van der Waals surface area contributed by atoms with E-state index in [9.17, 15) is 13.2 Å². The van der Waals surface area contributed by atoms with Crippen LogP contribution in [0.2, 0.25) is 5.02 Å². The molecular weight excluding hydrogens is 374 g/mol. The zero-order valence-corrected chi connectivity index (χ0v) is 15.9. The van der Waals surface area contributed by atoms with Gasteiger partial charge in [0, 0.05) is 12.2 Å². The van der Waals surface area contributed by atoms with Crippen molar-refractivity contribution < 1.29 is 13.2 Å². The van der Waals surface area contributed by atoms with Crippen LogP contribution in [0.5, 0.6) is 0 Å².